The number of primary amides is 1. The Hall–Kier alpha value is -2.11. The van der Waals surface area contributed by atoms with Gasteiger partial charge in [0.25, 0.3) is 0 Å². The first-order chi connectivity index (χ1) is 9.93. The van der Waals surface area contributed by atoms with Crippen LogP contribution in [0.4, 0.5) is 0 Å². The zero-order valence-electron chi connectivity index (χ0n) is 12.6. The molecule has 2 unspecified atom stereocenters. The molecule has 0 aromatic carbocycles. The molecule has 2 heterocycles. The maximum atomic E-state index is 12.0. The Morgan fingerprint density at radius 3 is 2.76 bits per heavy atom. The van der Waals surface area contributed by atoms with Gasteiger partial charge in [0.1, 0.15) is 5.75 Å². The van der Waals surface area contributed by atoms with Gasteiger partial charge in [0.2, 0.25) is 0 Å². The van der Waals surface area contributed by atoms with Crippen LogP contribution < -0.4 is 10.5 Å². The highest BCUT2D eigenvalue weighted by Gasteiger charge is 2.33. The fourth-order valence-corrected chi connectivity index (χ4v) is 2.78. The number of piperidine rings is 1. The smallest absolute Gasteiger partial charge is 0.312 e. The summed E-state index contributed by atoms with van der Waals surface area (Å²) in [5.41, 5.74) is 6.83. The second-order valence-corrected chi connectivity index (χ2v) is 5.58. The van der Waals surface area contributed by atoms with Crippen molar-refractivity contribution in [2.24, 2.45) is 11.7 Å². The van der Waals surface area contributed by atoms with E-state index in [0.717, 1.165) is 24.1 Å². The van der Waals surface area contributed by atoms with Crippen LogP contribution in [0.1, 0.15) is 37.1 Å². The van der Waals surface area contributed by atoms with Crippen LogP contribution in [0.25, 0.3) is 0 Å². The van der Waals surface area contributed by atoms with Crippen molar-refractivity contribution in [3.8, 4) is 5.75 Å². The molecule has 114 valence electrons. The van der Waals surface area contributed by atoms with Crippen LogP contribution in [0, 0.1) is 12.8 Å². The Morgan fingerprint density at radius 2 is 2.14 bits per heavy atom. The van der Waals surface area contributed by atoms with Crippen molar-refractivity contribution in [3.05, 3.63) is 23.5 Å². The number of hydrogen-bond acceptors (Lipinski definition) is 4. The number of rotatable bonds is 2. The van der Waals surface area contributed by atoms with Crippen molar-refractivity contribution in [1.82, 2.24) is 9.88 Å². The van der Waals surface area contributed by atoms with Crippen molar-refractivity contribution in [2.45, 2.75) is 32.7 Å². The fourth-order valence-electron chi connectivity index (χ4n) is 2.78. The summed E-state index contributed by atoms with van der Waals surface area (Å²) in [6.45, 7) is 4.45. The van der Waals surface area contributed by atoms with Gasteiger partial charge in [-0.3, -0.25) is 14.6 Å². The first-order valence-electron chi connectivity index (χ1n) is 7.05. The van der Waals surface area contributed by atoms with Crippen molar-refractivity contribution < 1.29 is 14.3 Å². The molecular weight excluding hydrogens is 270 g/mol. The van der Waals surface area contributed by atoms with E-state index in [0.29, 0.717) is 18.2 Å². The zero-order chi connectivity index (χ0) is 15.6. The second kappa shape index (κ2) is 6.11. The summed E-state index contributed by atoms with van der Waals surface area (Å²) in [6, 6.07) is 1.70. The molecule has 6 nitrogen and oxygen atoms in total. The van der Waals surface area contributed by atoms with Crippen LogP contribution in [0.5, 0.6) is 5.75 Å². The van der Waals surface area contributed by atoms with Crippen LogP contribution in [0.3, 0.4) is 0 Å². The Balaban J connectivity index is 2.34. The minimum atomic E-state index is -0.916. The lowest BCUT2D eigenvalue weighted by molar-refractivity contribution is -0.147. The van der Waals surface area contributed by atoms with Gasteiger partial charge in [-0.2, -0.15) is 0 Å². The number of carbonyl (C=O) groups is 2. The van der Waals surface area contributed by atoms with Gasteiger partial charge >= 0.3 is 11.8 Å². The lowest BCUT2D eigenvalue weighted by Gasteiger charge is -2.38. The zero-order valence-corrected chi connectivity index (χ0v) is 12.6. The lowest BCUT2D eigenvalue weighted by atomic mass is 9.90. The molecule has 0 saturated carbocycles. The summed E-state index contributed by atoms with van der Waals surface area (Å²) in [6.07, 6.45) is 3.51. The number of ether oxygens (including phenoxy) is 1. The molecule has 1 fully saturated rings. The first-order valence-corrected chi connectivity index (χ1v) is 7.05. The molecule has 2 atom stereocenters. The summed E-state index contributed by atoms with van der Waals surface area (Å²) < 4.78 is 5.28. The molecule has 2 rings (SSSR count). The minimum absolute atomic E-state index is 0.178. The van der Waals surface area contributed by atoms with E-state index in [-0.39, 0.29) is 6.04 Å². The molecule has 1 aliphatic rings. The molecule has 2 amide bonds. The molecule has 0 spiro atoms. The van der Waals surface area contributed by atoms with E-state index >= 15 is 0 Å². The van der Waals surface area contributed by atoms with Gasteiger partial charge in [-0.15, -0.1) is 0 Å². The Bertz CT molecular complexity index is 559. The number of methoxy groups -OCH3 is 1. The number of aromatic nitrogens is 1. The molecule has 1 aromatic rings. The number of nitrogens with zero attached hydrogens (tertiary/aromatic N) is 2. The number of amides is 2. The van der Waals surface area contributed by atoms with E-state index in [2.05, 4.69) is 11.9 Å². The van der Waals surface area contributed by atoms with Crippen molar-refractivity contribution >= 4 is 11.8 Å². The van der Waals surface area contributed by atoms with Gasteiger partial charge in [-0.1, -0.05) is 6.92 Å². The molecular formula is C15H21N3O3. The summed E-state index contributed by atoms with van der Waals surface area (Å²) in [7, 11) is 1.59. The van der Waals surface area contributed by atoms with E-state index in [9.17, 15) is 9.59 Å². The first kappa shape index (κ1) is 15.3. The highest BCUT2D eigenvalue weighted by Crippen LogP contribution is 2.34. The fraction of sp³-hybridized carbons (Fsp3) is 0.533. The third-order valence-electron chi connectivity index (χ3n) is 3.96. The normalized spacial score (nSPS) is 22.0. The van der Waals surface area contributed by atoms with Crippen LogP contribution in [0.2, 0.25) is 0 Å². The molecule has 0 radical (unpaired) electrons. The Kier molecular flexibility index (Phi) is 4.45. The topological polar surface area (TPSA) is 85.5 Å². The Morgan fingerprint density at radius 1 is 1.43 bits per heavy atom. The Labute approximate surface area is 124 Å². The molecule has 21 heavy (non-hydrogen) atoms. The summed E-state index contributed by atoms with van der Waals surface area (Å²) in [5.74, 6) is -0.519. The van der Waals surface area contributed by atoms with Gasteiger partial charge in [0.05, 0.1) is 18.8 Å². The average molecular weight is 291 g/mol. The van der Waals surface area contributed by atoms with E-state index in [1.54, 1.807) is 18.2 Å². The largest absolute Gasteiger partial charge is 0.495 e. The standard InChI is InChI=1S/C15H21N3O3/c1-9-4-5-12(18(8-9)15(20)14(16)19)11-6-13(21-3)10(2)17-7-11/h6-7,9,12H,4-5,8H2,1-3H3,(H2,16,19). The number of hydrogen-bond donors (Lipinski definition) is 1. The van der Waals surface area contributed by atoms with E-state index in [1.165, 1.54) is 0 Å². The van der Waals surface area contributed by atoms with Gasteiger partial charge < -0.3 is 15.4 Å². The van der Waals surface area contributed by atoms with Crippen molar-refractivity contribution in [1.29, 1.82) is 0 Å². The molecule has 1 saturated heterocycles. The summed E-state index contributed by atoms with van der Waals surface area (Å²) >= 11 is 0. The van der Waals surface area contributed by atoms with Crippen LogP contribution in [0.15, 0.2) is 12.3 Å². The van der Waals surface area contributed by atoms with E-state index in [4.69, 9.17) is 10.5 Å². The SMILES string of the molecule is COc1cc(C2CCC(C)CN2C(=O)C(N)=O)cnc1C. The van der Waals surface area contributed by atoms with Gasteiger partial charge in [-0.05, 0) is 37.3 Å². The molecule has 0 bridgehead atoms. The highest BCUT2D eigenvalue weighted by atomic mass is 16.5. The highest BCUT2D eigenvalue weighted by molar-refractivity contribution is 6.34. The van der Waals surface area contributed by atoms with Crippen LogP contribution >= 0.6 is 0 Å². The lowest BCUT2D eigenvalue weighted by Crippen LogP contribution is -2.46. The molecule has 6 heteroatoms. The quantitative estimate of drug-likeness (QED) is 0.829. The summed E-state index contributed by atoms with van der Waals surface area (Å²) in [5, 5.41) is 0. The monoisotopic (exact) mass is 291 g/mol. The van der Waals surface area contributed by atoms with E-state index in [1.807, 2.05) is 13.0 Å². The third-order valence-corrected chi connectivity index (χ3v) is 3.96. The number of carbonyl (C=O) groups excluding carboxylic acids is 2. The molecule has 1 aromatic heterocycles. The summed E-state index contributed by atoms with van der Waals surface area (Å²) in [4.78, 5) is 29.2. The third kappa shape index (κ3) is 3.15. The maximum absolute atomic E-state index is 12.0. The molecule has 1 aliphatic heterocycles. The van der Waals surface area contributed by atoms with Gasteiger partial charge in [0, 0.05) is 12.7 Å². The predicted octanol–water partition coefficient (Wildman–Crippen LogP) is 1.18. The molecule has 0 aliphatic carbocycles. The van der Waals surface area contributed by atoms with Crippen molar-refractivity contribution in [3.63, 3.8) is 0 Å². The van der Waals surface area contributed by atoms with Crippen LogP contribution in [-0.2, 0) is 9.59 Å². The van der Waals surface area contributed by atoms with Crippen molar-refractivity contribution in [2.75, 3.05) is 13.7 Å². The van der Waals surface area contributed by atoms with Crippen LogP contribution in [-0.4, -0.2) is 35.4 Å². The molecule has 2 N–H and O–H groups in total. The maximum Gasteiger partial charge on any atom is 0.312 e. The number of likely N-dealkylation sites (tertiary alicyclic amines) is 1. The average Bonchev–Trinajstić information content (AvgIpc) is 2.47. The second-order valence-electron chi connectivity index (χ2n) is 5.58. The van der Waals surface area contributed by atoms with Gasteiger partial charge in [-0.25, -0.2) is 0 Å². The van der Waals surface area contributed by atoms with Gasteiger partial charge in [0.15, 0.2) is 0 Å². The number of aryl methyl sites for hydroxylation is 1. The van der Waals surface area contributed by atoms with E-state index < -0.39 is 11.8 Å². The number of nitrogens with two attached hydrogens (primary N) is 1. The minimum Gasteiger partial charge on any atom is -0.495 e. The number of pyridine rings is 1. The predicted molar refractivity (Wildman–Crippen MR) is 77.6 cm³/mol.